The second-order valence-corrected chi connectivity index (χ2v) is 5.40. The molecule has 2 nitrogen and oxygen atoms in total. The highest BCUT2D eigenvalue weighted by Gasteiger charge is 1.92. The predicted molar refractivity (Wildman–Crippen MR) is 81.7 cm³/mol. The molecule has 0 spiro atoms. The van der Waals surface area contributed by atoms with Crippen LogP contribution in [0.4, 0.5) is 11.4 Å². The molecule has 0 amide bonds. The summed E-state index contributed by atoms with van der Waals surface area (Å²) in [6.45, 7) is 8.77. The zero-order valence-corrected chi connectivity index (χ0v) is 11.9. The number of hydrogen-bond acceptors (Lipinski definition) is 2. The molecular formula is C16H24N2. The Balaban J connectivity index is 2.52. The lowest BCUT2D eigenvalue weighted by molar-refractivity contribution is 0.690. The van der Waals surface area contributed by atoms with Crippen LogP contribution in [-0.4, -0.2) is 12.4 Å². The van der Waals surface area contributed by atoms with Gasteiger partial charge in [0.25, 0.3) is 0 Å². The van der Waals surface area contributed by atoms with E-state index in [2.05, 4.69) is 37.7 Å². The van der Waals surface area contributed by atoms with Crippen molar-refractivity contribution in [3.63, 3.8) is 0 Å². The van der Waals surface area contributed by atoms with Gasteiger partial charge in [-0.1, -0.05) is 27.7 Å². The van der Waals surface area contributed by atoms with Crippen LogP contribution >= 0.6 is 0 Å². The molecular weight excluding hydrogens is 220 g/mol. The molecule has 2 heteroatoms. The number of aliphatic imine (C=N–C) groups is 2. The minimum absolute atomic E-state index is 0.661. The summed E-state index contributed by atoms with van der Waals surface area (Å²) in [5, 5.41) is 0. The highest BCUT2D eigenvalue weighted by molar-refractivity contribution is 5.66. The van der Waals surface area contributed by atoms with Gasteiger partial charge < -0.3 is 0 Å². The smallest absolute Gasteiger partial charge is 0.0627 e. The first-order valence-corrected chi connectivity index (χ1v) is 6.73. The van der Waals surface area contributed by atoms with E-state index in [0.717, 1.165) is 24.2 Å². The first kappa shape index (κ1) is 14.6. The highest BCUT2D eigenvalue weighted by Crippen LogP contribution is 2.18. The lowest BCUT2D eigenvalue weighted by atomic mass is 10.1. The van der Waals surface area contributed by atoms with Gasteiger partial charge in [0.2, 0.25) is 0 Å². The van der Waals surface area contributed by atoms with Gasteiger partial charge in [0.1, 0.15) is 0 Å². The number of rotatable bonds is 6. The fraction of sp³-hybridized carbons (Fsp3) is 0.500. The summed E-state index contributed by atoms with van der Waals surface area (Å²) in [7, 11) is 0. The Labute approximate surface area is 111 Å². The van der Waals surface area contributed by atoms with Gasteiger partial charge in [-0.2, -0.15) is 0 Å². The molecule has 1 rings (SSSR count). The summed E-state index contributed by atoms with van der Waals surface area (Å²) in [4.78, 5) is 8.84. The quantitative estimate of drug-likeness (QED) is 0.616. The van der Waals surface area contributed by atoms with Gasteiger partial charge >= 0.3 is 0 Å². The second-order valence-electron chi connectivity index (χ2n) is 5.40. The molecule has 0 aliphatic rings. The Hall–Kier alpha value is -1.44. The Morgan fingerprint density at radius 1 is 0.778 bits per heavy atom. The molecule has 0 aliphatic carbocycles. The molecule has 0 radical (unpaired) electrons. The summed E-state index contributed by atoms with van der Waals surface area (Å²) >= 11 is 0. The maximum Gasteiger partial charge on any atom is 0.0627 e. The third-order valence-electron chi connectivity index (χ3n) is 2.48. The summed E-state index contributed by atoms with van der Waals surface area (Å²) in [6, 6.07) is 8.05. The van der Waals surface area contributed by atoms with E-state index >= 15 is 0 Å². The first-order valence-electron chi connectivity index (χ1n) is 6.73. The minimum Gasteiger partial charge on any atom is -0.261 e. The summed E-state index contributed by atoms with van der Waals surface area (Å²) in [6.07, 6.45) is 6.02. The maximum absolute atomic E-state index is 4.42. The van der Waals surface area contributed by atoms with Gasteiger partial charge in [-0.3, -0.25) is 9.98 Å². The van der Waals surface area contributed by atoms with Gasteiger partial charge in [-0.05, 0) is 48.9 Å². The number of nitrogens with zero attached hydrogens (tertiary/aromatic N) is 2. The molecule has 0 heterocycles. The molecule has 0 unspecified atom stereocenters. The minimum atomic E-state index is 0.661. The maximum atomic E-state index is 4.42. The van der Waals surface area contributed by atoms with Crippen molar-refractivity contribution in [2.45, 2.75) is 40.5 Å². The Morgan fingerprint density at radius 2 is 1.11 bits per heavy atom. The van der Waals surface area contributed by atoms with Crippen molar-refractivity contribution < 1.29 is 0 Å². The third kappa shape index (κ3) is 6.33. The largest absolute Gasteiger partial charge is 0.261 e. The van der Waals surface area contributed by atoms with Crippen LogP contribution in [0.2, 0.25) is 0 Å². The molecule has 0 atom stereocenters. The van der Waals surface area contributed by atoms with Gasteiger partial charge in [-0.25, -0.2) is 0 Å². The molecule has 1 aromatic carbocycles. The zero-order chi connectivity index (χ0) is 13.4. The first-order chi connectivity index (χ1) is 8.58. The van der Waals surface area contributed by atoms with E-state index < -0.39 is 0 Å². The van der Waals surface area contributed by atoms with Crippen LogP contribution in [0.1, 0.15) is 40.5 Å². The van der Waals surface area contributed by atoms with E-state index in [9.17, 15) is 0 Å². The van der Waals surface area contributed by atoms with Crippen LogP contribution in [-0.2, 0) is 0 Å². The van der Waals surface area contributed by atoms with Gasteiger partial charge in [0.15, 0.2) is 0 Å². The average molecular weight is 244 g/mol. The van der Waals surface area contributed by atoms with Crippen LogP contribution < -0.4 is 0 Å². The van der Waals surface area contributed by atoms with Crippen molar-refractivity contribution >= 4 is 23.8 Å². The topological polar surface area (TPSA) is 24.7 Å². The Bertz CT molecular complexity index is 347. The average Bonchev–Trinajstić information content (AvgIpc) is 2.30. The van der Waals surface area contributed by atoms with Crippen LogP contribution in [0.5, 0.6) is 0 Å². The normalized spacial score (nSPS) is 12.3. The molecule has 18 heavy (non-hydrogen) atoms. The SMILES string of the molecule is CC(C)CC=Nc1ccc(N=CCC(C)C)cc1. The van der Waals surface area contributed by atoms with Gasteiger partial charge in [-0.15, -0.1) is 0 Å². The van der Waals surface area contributed by atoms with E-state index in [1.807, 2.05) is 36.7 Å². The van der Waals surface area contributed by atoms with Crippen LogP contribution in [0.3, 0.4) is 0 Å². The molecule has 0 bridgehead atoms. The van der Waals surface area contributed by atoms with Crippen LogP contribution in [0.15, 0.2) is 34.3 Å². The van der Waals surface area contributed by atoms with Crippen molar-refractivity contribution in [3.8, 4) is 0 Å². The molecule has 0 saturated carbocycles. The highest BCUT2D eigenvalue weighted by atomic mass is 14.7. The fourth-order valence-corrected chi connectivity index (χ4v) is 1.36. The third-order valence-corrected chi connectivity index (χ3v) is 2.48. The number of hydrogen-bond donors (Lipinski definition) is 0. The van der Waals surface area contributed by atoms with Crippen molar-refractivity contribution in [3.05, 3.63) is 24.3 Å². The van der Waals surface area contributed by atoms with E-state index in [-0.39, 0.29) is 0 Å². The Kier molecular flexibility index (Phi) is 6.34. The molecule has 0 saturated heterocycles. The lowest BCUT2D eigenvalue weighted by Crippen LogP contribution is -1.86. The second kappa shape index (κ2) is 7.80. The van der Waals surface area contributed by atoms with Crippen LogP contribution in [0, 0.1) is 11.8 Å². The standard InChI is InChI=1S/C16H24N2/c1-13(2)9-11-17-15-5-7-16(8-6-15)18-12-10-14(3)4/h5-8,11-14H,9-10H2,1-4H3. The van der Waals surface area contributed by atoms with Crippen molar-refractivity contribution in [2.75, 3.05) is 0 Å². The van der Waals surface area contributed by atoms with Crippen molar-refractivity contribution in [1.29, 1.82) is 0 Å². The Morgan fingerprint density at radius 3 is 1.39 bits per heavy atom. The van der Waals surface area contributed by atoms with E-state index in [4.69, 9.17) is 0 Å². The molecule has 1 aromatic rings. The summed E-state index contributed by atoms with van der Waals surface area (Å²) in [5.74, 6) is 1.32. The number of benzene rings is 1. The lowest BCUT2D eigenvalue weighted by Gasteiger charge is -1.99. The molecule has 0 N–H and O–H groups in total. The van der Waals surface area contributed by atoms with E-state index in [1.165, 1.54) is 0 Å². The monoisotopic (exact) mass is 244 g/mol. The fourth-order valence-electron chi connectivity index (χ4n) is 1.36. The molecule has 0 fully saturated rings. The molecule has 0 aromatic heterocycles. The van der Waals surface area contributed by atoms with Gasteiger partial charge in [0.05, 0.1) is 11.4 Å². The predicted octanol–water partition coefficient (Wildman–Crippen LogP) is 5.18. The summed E-state index contributed by atoms with van der Waals surface area (Å²) < 4.78 is 0. The van der Waals surface area contributed by atoms with Crippen molar-refractivity contribution in [1.82, 2.24) is 0 Å². The van der Waals surface area contributed by atoms with Crippen molar-refractivity contribution in [2.24, 2.45) is 21.8 Å². The zero-order valence-electron chi connectivity index (χ0n) is 11.9. The summed E-state index contributed by atoms with van der Waals surface area (Å²) in [5.41, 5.74) is 2.00. The van der Waals surface area contributed by atoms with E-state index in [1.54, 1.807) is 0 Å². The van der Waals surface area contributed by atoms with Gasteiger partial charge in [0, 0.05) is 12.4 Å². The van der Waals surface area contributed by atoms with Crippen LogP contribution in [0.25, 0.3) is 0 Å². The molecule has 0 aliphatic heterocycles. The molecule has 98 valence electrons. The van der Waals surface area contributed by atoms with E-state index in [0.29, 0.717) is 11.8 Å².